The Labute approximate surface area is 226 Å². The van der Waals surface area contributed by atoms with Crippen molar-refractivity contribution in [3.8, 4) is 0 Å². The van der Waals surface area contributed by atoms with Crippen LogP contribution in [-0.4, -0.2) is 23.2 Å². The smallest absolute Gasteiger partial charge is 0.0553 e. The first-order valence-electron chi connectivity index (χ1n) is 13.8. The Kier molecular flexibility index (Phi) is 14.5. The van der Waals surface area contributed by atoms with Gasteiger partial charge in [-0.25, -0.2) is 0 Å². The average Bonchev–Trinajstić information content (AvgIpc) is 2.88. The molecule has 0 N–H and O–H groups in total. The van der Waals surface area contributed by atoms with Crippen molar-refractivity contribution in [3.63, 3.8) is 0 Å². The third-order valence-corrected chi connectivity index (χ3v) is 6.53. The molecule has 37 heavy (non-hydrogen) atoms. The molecular formula is C34H48N2O. The van der Waals surface area contributed by atoms with Gasteiger partial charge in [0.25, 0.3) is 0 Å². The summed E-state index contributed by atoms with van der Waals surface area (Å²) in [6.45, 7) is 14.4. The predicted octanol–water partition coefficient (Wildman–Crippen LogP) is 9.53. The monoisotopic (exact) mass is 500 g/mol. The number of hydrogen-bond donors (Lipinski definition) is 0. The molecule has 0 spiro atoms. The van der Waals surface area contributed by atoms with Gasteiger partial charge in [0.2, 0.25) is 0 Å². The van der Waals surface area contributed by atoms with Crippen LogP contribution in [0.25, 0.3) is 0 Å². The van der Waals surface area contributed by atoms with E-state index < -0.39 is 0 Å². The number of pyridine rings is 2. The van der Waals surface area contributed by atoms with Crippen LogP contribution in [0.2, 0.25) is 0 Å². The van der Waals surface area contributed by atoms with Crippen molar-refractivity contribution in [1.82, 2.24) is 9.97 Å². The number of nitrogens with zero attached hydrogens (tertiary/aromatic N) is 2. The number of allylic oxidation sites excluding steroid dienone is 8. The SMILES string of the molecule is CC(C)=CCCC(C)=CCC(COCC(CC=C(C)CCC=C(C)C)c1ccccn1)c1ccccn1. The van der Waals surface area contributed by atoms with E-state index in [1.54, 1.807) is 0 Å². The van der Waals surface area contributed by atoms with Crippen molar-refractivity contribution < 1.29 is 4.74 Å². The van der Waals surface area contributed by atoms with Crippen molar-refractivity contribution >= 4 is 0 Å². The molecule has 2 aromatic rings. The number of aromatic nitrogens is 2. The van der Waals surface area contributed by atoms with Crippen molar-refractivity contribution in [1.29, 1.82) is 0 Å². The molecule has 2 heterocycles. The zero-order valence-electron chi connectivity index (χ0n) is 24.0. The van der Waals surface area contributed by atoms with Gasteiger partial charge in [-0.2, -0.15) is 0 Å². The summed E-state index contributed by atoms with van der Waals surface area (Å²) in [7, 11) is 0. The van der Waals surface area contributed by atoms with Crippen LogP contribution in [0.15, 0.2) is 95.4 Å². The molecule has 0 bridgehead atoms. The molecule has 0 saturated carbocycles. The molecule has 0 radical (unpaired) electrons. The number of hydrogen-bond acceptors (Lipinski definition) is 3. The summed E-state index contributed by atoms with van der Waals surface area (Å²) in [4.78, 5) is 9.31. The first-order chi connectivity index (χ1) is 17.8. The van der Waals surface area contributed by atoms with E-state index in [1.165, 1.54) is 22.3 Å². The van der Waals surface area contributed by atoms with Crippen LogP contribution < -0.4 is 0 Å². The lowest BCUT2D eigenvalue weighted by molar-refractivity contribution is 0.105. The van der Waals surface area contributed by atoms with E-state index in [9.17, 15) is 0 Å². The Morgan fingerprint density at radius 1 is 0.649 bits per heavy atom. The molecule has 0 aromatic carbocycles. The zero-order chi connectivity index (χ0) is 26.9. The van der Waals surface area contributed by atoms with Gasteiger partial charge >= 0.3 is 0 Å². The maximum Gasteiger partial charge on any atom is 0.0553 e. The van der Waals surface area contributed by atoms with E-state index in [0.717, 1.165) is 49.9 Å². The molecule has 0 fully saturated rings. The van der Waals surface area contributed by atoms with Gasteiger partial charge in [0.05, 0.1) is 13.2 Å². The molecule has 0 aliphatic heterocycles. The van der Waals surface area contributed by atoms with E-state index in [-0.39, 0.29) is 11.8 Å². The van der Waals surface area contributed by atoms with Crippen LogP contribution in [0, 0.1) is 0 Å². The summed E-state index contributed by atoms with van der Waals surface area (Å²) in [5, 5.41) is 0. The van der Waals surface area contributed by atoms with Crippen molar-refractivity contribution in [2.45, 2.75) is 91.9 Å². The van der Waals surface area contributed by atoms with Gasteiger partial charge in [0, 0.05) is 35.6 Å². The lowest BCUT2D eigenvalue weighted by Gasteiger charge is -2.19. The predicted molar refractivity (Wildman–Crippen MR) is 159 cm³/mol. The molecule has 2 atom stereocenters. The van der Waals surface area contributed by atoms with Crippen LogP contribution in [-0.2, 0) is 4.74 Å². The molecule has 0 amide bonds. The highest BCUT2D eigenvalue weighted by atomic mass is 16.5. The molecule has 200 valence electrons. The second-order valence-corrected chi connectivity index (χ2v) is 10.7. The number of ether oxygens (including phenoxy) is 1. The summed E-state index contributed by atoms with van der Waals surface area (Å²) in [5.41, 5.74) is 7.82. The van der Waals surface area contributed by atoms with Gasteiger partial charge in [-0.05, 0) is 104 Å². The highest BCUT2D eigenvalue weighted by Crippen LogP contribution is 2.24. The topological polar surface area (TPSA) is 35.0 Å². The van der Waals surface area contributed by atoms with Crippen LogP contribution in [0.4, 0.5) is 0 Å². The van der Waals surface area contributed by atoms with E-state index in [4.69, 9.17) is 4.74 Å². The molecule has 0 saturated heterocycles. The minimum Gasteiger partial charge on any atom is -0.380 e. The second kappa shape index (κ2) is 17.6. The van der Waals surface area contributed by atoms with Gasteiger partial charge in [0.15, 0.2) is 0 Å². The molecule has 3 heteroatoms. The Balaban J connectivity index is 2.03. The van der Waals surface area contributed by atoms with Crippen LogP contribution in [0.3, 0.4) is 0 Å². The molecule has 0 aliphatic rings. The molecule has 3 nitrogen and oxygen atoms in total. The summed E-state index contributed by atoms with van der Waals surface area (Å²) in [6, 6.07) is 12.3. The number of rotatable bonds is 16. The molecular weight excluding hydrogens is 452 g/mol. The lowest BCUT2D eigenvalue weighted by Crippen LogP contribution is -2.15. The van der Waals surface area contributed by atoms with E-state index in [0.29, 0.717) is 13.2 Å². The summed E-state index contributed by atoms with van der Waals surface area (Å²) in [5.74, 6) is 0.482. The van der Waals surface area contributed by atoms with Crippen LogP contribution >= 0.6 is 0 Å². The van der Waals surface area contributed by atoms with Crippen LogP contribution in [0.1, 0.15) is 103 Å². The van der Waals surface area contributed by atoms with Gasteiger partial charge in [-0.3, -0.25) is 9.97 Å². The Bertz CT molecular complexity index is 927. The maximum atomic E-state index is 6.40. The summed E-state index contributed by atoms with van der Waals surface area (Å²) in [6.07, 6.45) is 19.4. The van der Waals surface area contributed by atoms with Gasteiger partial charge < -0.3 is 4.74 Å². The average molecular weight is 501 g/mol. The molecule has 2 unspecified atom stereocenters. The highest BCUT2D eigenvalue weighted by Gasteiger charge is 2.16. The minimum absolute atomic E-state index is 0.241. The largest absolute Gasteiger partial charge is 0.380 e. The van der Waals surface area contributed by atoms with E-state index in [1.807, 2.05) is 24.5 Å². The Hall–Kier alpha value is -2.78. The first-order valence-corrected chi connectivity index (χ1v) is 13.8. The molecule has 2 rings (SSSR count). The van der Waals surface area contributed by atoms with Crippen molar-refractivity contribution in [2.24, 2.45) is 0 Å². The van der Waals surface area contributed by atoms with E-state index in [2.05, 4.69) is 100 Å². The standard InChI is InChI=1S/C34H48N2O/c1-27(2)13-11-15-29(5)19-21-31(33-17-7-9-23-35-33)25-37-26-32(34-18-8-10-24-36-34)22-20-30(6)16-12-14-28(3)4/h7-10,13-14,17-20,23-24,31-32H,11-12,15-16,21-22,25-26H2,1-6H3. The summed E-state index contributed by atoms with van der Waals surface area (Å²) < 4.78 is 6.40. The normalized spacial score (nSPS) is 13.7. The third kappa shape index (κ3) is 13.4. The van der Waals surface area contributed by atoms with Gasteiger partial charge in [-0.1, -0.05) is 58.7 Å². The highest BCUT2D eigenvalue weighted by molar-refractivity contribution is 5.15. The quantitative estimate of drug-likeness (QED) is 0.215. The fourth-order valence-electron chi connectivity index (χ4n) is 4.20. The lowest BCUT2D eigenvalue weighted by atomic mass is 9.97. The fourth-order valence-corrected chi connectivity index (χ4v) is 4.20. The first kappa shape index (κ1) is 30.4. The summed E-state index contributed by atoms with van der Waals surface area (Å²) >= 11 is 0. The van der Waals surface area contributed by atoms with Gasteiger partial charge in [0.1, 0.15) is 0 Å². The Morgan fingerprint density at radius 2 is 1.08 bits per heavy atom. The van der Waals surface area contributed by atoms with E-state index >= 15 is 0 Å². The molecule has 2 aromatic heterocycles. The zero-order valence-corrected chi connectivity index (χ0v) is 24.0. The Morgan fingerprint density at radius 3 is 1.43 bits per heavy atom. The van der Waals surface area contributed by atoms with Crippen molar-refractivity contribution in [3.05, 3.63) is 107 Å². The fraction of sp³-hybridized carbons (Fsp3) is 0.471. The van der Waals surface area contributed by atoms with Crippen LogP contribution in [0.5, 0.6) is 0 Å². The molecule has 0 aliphatic carbocycles. The van der Waals surface area contributed by atoms with Crippen molar-refractivity contribution in [2.75, 3.05) is 13.2 Å². The third-order valence-electron chi connectivity index (χ3n) is 6.53. The minimum atomic E-state index is 0.241. The maximum absolute atomic E-state index is 6.40. The van der Waals surface area contributed by atoms with Gasteiger partial charge in [-0.15, -0.1) is 0 Å². The second-order valence-electron chi connectivity index (χ2n) is 10.7.